The molecule has 0 saturated carbocycles. The summed E-state index contributed by atoms with van der Waals surface area (Å²) in [6, 6.07) is -0.481. The number of carbonyl (C=O) groups excluding carboxylic acids is 1. The number of imidazole rings is 1. The average molecular weight is 322 g/mol. The van der Waals surface area contributed by atoms with Crippen molar-refractivity contribution in [1.29, 1.82) is 0 Å². The first kappa shape index (κ1) is 17.5. The Labute approximate surface area is 136 Å². The summed E-state index contributed by atoms with van der Waals surface area (Å²) in [6.45, 7) is 3.95. The van der Waals surface area contributed by atoms with Gasteiger partial charge in [0, 0.05) is 46.1 Å². The smallest absolute Gasteiger partial charge is 0.320 e. The van der Waals surface area contributed by atoms with Crippen LogP contribution in [0.15, 0.2) is 12.4 Å². The maximum Gasteiger partial charge on any atom is 0.320 e. The van der Waals surface area contributed by atoms with Gasteiger partial charge in [0.25, 0.3) is 0 Å². The van der Waals surface area contributed by atoms with Gasteiger partial charge < -0.3 is 14.6 Å². The molecule has 7 heteroatoms. The van der Waals surface area contributed by atoms with E-state index in [0.717, 1.165) is 18.8 Å². The second kappa shape index (κ2) is 7.59. The van der Waals surface area contributed by atoms with Gasteiger partial charge in [0.05, 0.1) is 5.92 Å². The van der Waals surface area contributed by atoms with Crippen molar-refractivity contribution in [1.82, 2.24) is 19.4 Å². The SMILES string of the molecule is Cc1nccn1CCCN1CC(C(=O)N(C)C)CCC1C(=O)O. The first-order valence-corrected chi connectivity index (χ1v) is 8.06. The second-order valence-electron chi connectivity index (χ2n) is 6.38. The van der Waals surface area contributed by atoms with Gasteiger partial charge in [0.2, 0.25) is 5.91 Å². The number of aryl methyl sites for hydroxylation is 2. The van der Waals surface area contributed by atoms with E-state index < -0.39 is 12.0 Å². The standard InChI is InChI=1S/C16H26N4O3/c1-12-17-7-10-19(12)8-4-9-20-11-13(15(21)18(2)3)5-6-14(20)16(22)23/h7,10,13-14H,4-6,8-9,11H2,1-3H3,(H,22,23). The summed E-state index contributed by atoms with van der Waals surface area (Å²) >= 11 is 0. The van der Waals surface area contributed by atoms with Gasteiger partial charge in [-0.25, -0.2) is 4.98 Å². The van der Waals surface area contributed by atoms with Crippen molar-refractivity contribution in [2.24, 2.45) is 5.92 Å². The van der Waals surface area contributed by atoms with Crippen molar-refractivity contribution < 1.29 is 14.7 Å². The average Bonchev–Trinajstić information content (AvgIpc) is 2.91. The third kappa shape index (κ3) is 4.31. The Morgan fingerprint density at radius 1 is 1.35 bits per heavy atom. The summed E-state index contributed by atoms with van der Waals surface area (Å²) in [7, 11) is 3.50. The lowest BCUT2D eigenvalue weighted by Gasteiger charge is -2.37. The van der Waals surface area contributed by atoms with E-state index in [4.69, 9.17) is 0 Å². The van der Waals surface area contributed by atoms with E-state index in [0.29, 0.717) is 25.9 Å². The van der Waals surface area contributed by atoms with Crippen molar-refractivity contribution in [3.8, 4) is 0 Å². The predicted molar refractivity (Wildman–Crippen MR) is 86.0 cm³/mol. The van der Waals surface area contributed by atoms with Crippen LogP contribution in [0.5, 0.6) is 0 Å². The topological polar surface area (TPSA) is 78.7 Å². The van der Waals surface area contributed by atoms with Crippen LogP contribution in [0.1, 0.15) is 25.1 Å². The molecule has 0 aromatic carbocycles. The number of carboxylic acids is 1. The highest BCUT2D eigenvalue weighted by atomic mass is 16.4. The van der Waals surface area contributed by atoms with Crippen LogP contribution < -0.4 is 0 Å². The molecule has 1 aliphatic rings. The maximum absolute atomic E-state index is 12.2. The molecule has 2 rings (SSSR count). The summed E-state index contributed by atoms with van der Waals surface area (Å²) in [5, 5.41) is 9.42. The first-order chi connectivity index (χ1) is 10.9. The van der Waals surface area contributed by atoms with E-state index in [-0.39, 0.29) is 11.8 Å². The van der Waals surface area contributed by atoms with Gasteiger partial charge in [-0.2, -0.15) is 0 Å². The number of carboxylic acid groups (broad SMARTS) is 1. The molecule has 1 fully saturated rings. The number of carbonyl (C=O) groups is 2. The molecule has 0 aliphatic carbocycles. The molecule has 1 saturated heterocycles. The quantitative estimate of drug-likeness (QED) is 0.839. The van der Waals surface area contributed by atoms with E-state index in [1.807, 2.05) is 18.0 Å². The van der Waals surface area contributed by atoms with Crippen LogP contribution in [0.25, 0.3) is 0 Å². The number of rotatable bonds is 6. The van der Waals surface area contributed by atoms with E-state index in [9.17, 15) is 14.7 Å². The van der Waals surface area contributed by atoms with Crippen LogP contribution >= 0.6 is 0 Å². The number of piperidine rings is 1. The molecule has 1 aromatic rings. The zero-order valence-corrected chi connectivity index (χ0v) is 14.1. The highest BCUT2D eigenvalue weighted by Gasteiger charge is 2.35. The van der Waals surface area contributed by atoms with Gasteiger partial charge in [-0.15, -0.1) is 0 Å². The lowest BCUT2D eigenvalue weighted by atomic mass is 9.91. The number of likely N-dealkylation sites (tertiary alicyclic amines) is 1. The van der Waals surface area contributed by atoms with Crippen LogP contribution in [0, 0.1) is 12.8 Å². The lowest BCUT2D eigenvalue weighted by Crippen LogP contribution is -2.51. The van der Waals surface area contributed by atoms with Crippen LogP contribution in [0.4, 0.5) is 0 Å². The van der Waals surface area contributed by atoms with Gasteiger partial charge >= 0.3 is 5.97 Å². The Morgan fingerprint density at radius 3 is 2.65 bits per heavy atom. The van der Waals surface area contributed by atoms with Crippen molar-refractivity contribution in [2.45, 2.75) is 38.8 Å². The van der Waals surface area contributed by atoms with Crippen molar-refractivity contribution in [3.05, 3.63) is 18.2 Å². The molecule has 1 aromatic heterocycles. The largest absolute Gasteiger partial charge is 0.480 e. The summed E-state index contributed by atoms with van der Waals surface area (Å²) in [4.78, 5) is 31.4. The molecule has 0 radical (unpaired) electrons. The van der Waals surface area contributed by atoms with E-state index in [2.05, 4.69) is 9.55 Å². The molecular formula is C16H26N4O3. The van der Waals surface area contributed by atoms with Gasteiger partial charge in [-0.3, -0.25) is 14.5 Å². The maximum atomic E-state index is 12.2. The number of hydrogen-bond acceptors (Lipinski definition) is 4. The molecule has 7 nitrogen and oxygen atoms in total. The first-order valence-electron chi connectivity index (χ1n) is 8.06. The van der Waals surface area contributed by atoms with Crippen LogP contribution in [-0.4, -0.2) is 69.6 Å². The third-order valence-electron chi connectivity index (χ3n) is 4.53. The molecule has 0 spiro atoms. The predicted octanol–water partition coefficient (Wildman–Crippen LogP) is 0.835. The molecule has 2 unspecified atom stereocenters. The molecule has 0 bridgehead atoms. The second-order valence-corrected chi connectivity index (χ2v) is 6.38. The molecule has 1 aliphatic heterocycles. The van der Waals surface area contributed by atoms with Crippen LogP contribution in [0.2, 0.25) is 0 Å². The number of aliphatic carboxylic acids is 1. The Balaban J connectivity index is 1.94. The Hall–Kier alpha value is -1.89. The normalized spacial score (nSPS) is 22.0. The number of amides is 1. The minimum atomic E-state index is -0.792. The molecular weight excluding hydrogens is 296 g/mol. The fourth-order valence-corrected chi connectivity index (χ4v) is 3.22. The molecule has 1 N–H and O–H groups in total. The zero-order chi connectivity index (χ0) is 17.0. The van der Waals surface area contributed by atoms with Crippen molar-refractivity contribution >= 4 is 11.9 Å². The fourth-order valence-electron chi connectivity index (χ4n) is 3.22. The van der Waals surface area contributed by atoms with Crippen LogP contribution in [-0.2, 0) is 16.1 Å². The minimum absolute atomic E-state index is 0.0873. The van der Waals surface area contributed by atoms with Gasteiger partial charge in [0.15, 0.2) is 0 Å². The van der Waals surface area contributed by atoms with Crippen molar-refractivity contribution in [2.75, 3.05) is 27.2 Å². The van der Waals surface area contributed by atoms with Gasteiger partial charge in [0.1, 0.15) is 11.9 Å². The number of nitrogens with zero attached hydrogens (tertiary/aromatic N) is 4. The Kier molecular flexibility index (Phi) is 5.76. The monoisotopic (exact) mass is 322 g/mol. The highest BCUT2D eigenvalue weighted by molar-refractivity contribution is 5.79. The molecule has 2 atom stereocenters. The molecule has 2 heterocycles. The summed E-state index contributed by atoms with van der Waals surface area (Å²) in [5.74, 6) is 0.151. The Morgan fingerprint density at radius 2 is 2.09 bits per heavy atom. The van der Waals surface area contributed by atoms with E-state index in [1.54, 1.807) is 25.2 Å². The summed E-state index contributed by atoms with van der Waals surface area (Å²) in [5.41, 5.74) is 0. The number of hydrogen-bond donors (Lipinski definition) is 1. The minimum Gasteiger partial charge on any atom is -0.480 e. The molecule has 1 amide bonds. The summed E-state index contributed by atoms with van der Waals surface area (Å²) < 4.78 is 2.06. The van der Waals surface area contributed by atoms with Crippen molar-refractivity contribution in [3.63, 3.8) is 0 Å². The van der Waals surface area contributed by atoms with E-state index in [1.165, 1.54) is 0 Å². The van der Waals surface area contributed by atoms with Crippen LogP contribution in [0.3, 0.4) is 0 Å². The fraction of sp³-hybridized carbons (Fsp3) is 0.688. The summed E-state index contributed by atoms with van der Waals surface area (Å²) in [6.07, 6.45) is 5.71. The van der Waals surface area contributed by atoms with E-state index >= 15 is 0 Å². The highest BCUT2D eigenvalue weighted by Crippen LogP contribution is 2.24. The lowest BCUT2D eigenvalue weighted by molar-refractivity contribution is -0.148. The zero-order valence-electron chi connectivity index (χ0n) is 14.1. The third-order valence-corrected chi connectivity index (χ3v) is 4.53. The Bertz CT molecular complexity index is 555. The number of aromatic nitrogens is 2. The molecule has 23 heavy (non-hydrogen) atoms. The van der Waals surface area contributed by atoms with Gasteiger partial charge in [-0.1, -0.05) is 0 Å². The molecule has 128 valence electrons. The van der Waals surface area contributed by atoms with Gasteiger partial charge in [-0.05, 0) is 26.2 Å².